The van der Waals surface area contributed by atoms with Crippen molar-refractivity contribution in [2.24, 2.45) is 5.92 Å². The lowest BCUT2D eigenvalue weighted by atomic mass is 10.0. The molecule has 1 N–H and O–H groups in total. The molecule has 124 valence electrons. The average Bonchev–Trinajstić information content (AvgIpc) is 3.04. The number of amides is 1. The number of nitrogens with one attached hydrogen (secondary N) is 1. The van der Waals surface area contributed by atoms with Crippen molar-refractivity contribution >= 4 is 5.91 Å². The van der Waals surface area contributed by atoms with Gasteiger partial charge in [-0.3, -0.25) is 4.79 Å². The zero-order valence-electron chi connectivity index (χ0n) is 13.8. The van der Waals surface area contributed by atoms with Crippen molar-refractivity contribution in [3.63, 3.8) is 0 Å². The summed E-state index contributed by atoms with van der Waals surface area (Å²) in [5, 5.41) is 11.0. The molecule has 0 bridgehead atoms. The van der Waals surface area contributed by atoms with Gasteiger partial charge in [0.2, 0.25) is 11.8 Å². The quantitative estimate of drug-likeness (QED) is 0.810. The maximum absolute atomic E-state index is 11.9. The maximum atomic E-state index is 11.9. The molecule has 0 fully saturated rings. The first-order chi connectivity index (χ1) is 11.2. The molecule has 1 aromatic carbocycles. The van der Waals surface area contributed by atoms with Crippen molar-refractivity contribution < 1.29 is 13.9 Å². The van der Waals surface area contributed by atoms with Crippen LogP contribution in [0.5, 0.6) is 5.75 Å². The van der Waals surface area contributed by atoms with E-state index in [0.29, 0.717) is 30.5 Å². The third-order valence-corrected chi connectivity index (χ3v) is 3.80. The Balaban J connectivity index is 1.94. The summed E-state index contributed by atoms with van der Waals surface area (Å²) in [4.78, 5) is 11.9. The zero-order chi connectivity index (χ0) is 16.7. The van der Waals surface area contributed by atoms with E-state index in [-0.39, 0.29) is 11.8 Å². The van der Waals surface area contributed by atoms with Crippen LogP contribution >= 0.6 is 0 Å². The number of hydrogen-bond acceptors (Lipinski definition) is 5. The summed E-state index contributed by atoms with van der Waals surface area (Å²) in [6, 6.07) is 7.48. The number of benzene rings is 1. The van der Waals surface area contributed by atoms with Crippen LogP contribution in [0, 0.1) is 5.92 Å². The Morgan fingerprint density at radius 1 is 1.26 bits per heavy atom. The second kappa shape index (κ2) is 8.31. The molecule has 0 radical (unpaired) electrons. The zero-order valence-corrected chi connectivity index (χ0v) is 13.8. The summed E-state index contributed by atoms with van der Waals surface area (Å²) in [6.07, 6.45) is 2.20. The van der Waals surface area contributed by atoms with Gasteiger partial charge in [0.15, 0.2) is 0 Å². The van der Waals surface area contributed by atoms with Gasteiger partial charge in [-0.1, -0.05) is 26.0 Å². The monoisotopic (exact) mass is 317 g/mol. The van der Waals surface area contributed by atoms with Gasteiger partial charge in [-0.05, 0) is 25.0 Å². The molecule has 1 aromatic heterocycles. The van der Waals surface area contributed by atoms with E-state index in [2.05, 4.69) is 15.5 Å². The lowest BCUT2D eigenvalue weighted by molar-refractivity contribution is -0.125. The molecule has 0 atom stereocenters. The number of ether oxygens (including phenoxy) is 1. The van der Waals surface area contributed by atoms with Crippen LogP contribution < -0.4 is 10.1 Å². The fraction of sp³-hybridized carbons (Fsp3) is 0.471. The summed E-state index contributed by atoms with van der Waals surface area (Å²) >= 11 is 0. The maximum Gasteiger partial charge on any atom is 0.251 e. The Bertz CT molecular complexity index is 636. The van der Waals surface area contributed by atoms with E-state index in [9.17, 15) is 4.79 Å². The highest BCUT2D eigenvalue weighted by molar-refractivity contribution is 5.78. The van der Waals surface area contributed by atoms with Gasteiger partial charge >= 0.3 is 0 Å². The predicted molar refractivity (Wildman–Crippen MR) is 87.1 cm³/mol. The first-order valence-corrected chi connectivity index (χ1v) is 7.93. The first kappa shape index (κ1) is 17.0. The van der Waals surface area contributed by atoms with Crippen LogP contribution in [0.15, 0.2) is 28.7 Å². The lowest BCUT2D eigenvalue weighted by Gasteiger charge is -2.11. The van der Waals surface area contributed by atoms with Gasteiger partial charge in [0.25, 0.3) is 5.89 Å². The first-order valence-electron chi connectivity index (χ1n) is 7.93. The molecule has 2 aromatic rings. The predicted octanol–water partition coefficient (Wildman–Crippen LogP) is 2.84. The molecular weight excluding hydrogens is 294 g/mol. The molecule has 6 nitrogen and oxygen atoms in total. The number of aromatic nitrogens is 2. The molecule has 0 saturated carbocycles. The molecule has 23 heavy (non-hydrogen) atoms. The Labute approximate surface area is 136 Å². The van der Waals surface area contributed by atoms with E-state index >= 15 is 0 Å². The van der Waals surface area contributed by atoms with E-state index in [1.54, 1.807) is 7.11 Å². The summed E-state index contributed by atoms with van der Waals surface area (Å²) in [6.45, 7) is 4.53. The highest BCUT2D eigenvalue weighted by Gasteiger charge is 2.15. The molecular formula is C17H23N3O3. The largest absolute Gasteiger partial charge is 0.496 e. The third kappa shape index (κ3) is 4.31. The van der Waals surface area contributed by atoms with E-state index < -0.39 is 0 Å². The molecule has 0 spiro atoms. The fourth-order valence-electron chi connectivity index (χ4n) is 2.38. The SMILES string of the molecule is CCC(CC)C(=O)NCCc1nnc(-c2ccccc2OC)o1. The Kier molecular flexibility index (Phi) is 6.14. The van der Waals surface area contributed by atoms with Gasteiger partial charge in [-0.25, -0.2) is 0 Å². The van der Waals surface area contributed by atoms with Crippen LogP contribution in [0.1, 0.15) is 32.6 Å². The second-order valence-electron chi connectivity index (χ2n) is 5.26. The van der Waals surface area contributed by atoms with Crippen molar-refractivity contribution in [3.8, 4) is 17.2 Å². The van der Waals surface area contributed by atoms with Crippen LogP contribution in [0.4, 0.5) is 0 Å². The van der Waals surface area contributed by atoms with Gasteiger partial charge in [-0.2, -0.15) is 0 Å². The van der Waals surface area contributed by atoms with Gasteiger partial charge in [-0.15, -0.1) is 10.2 Å². The normalized spacial score (nSPS) is 10.8. The summed E-state index contributed by atoms with van der Waals surface area (Å²) in [5.41, 5.74) is 0.759. The number of para-hydroxylation sites is 1. The molecule has 0 aliphatic carbocycles. The van der Waals surface area contributed by atoms with Crippen LogP contribution in [0.25, 0.3) is 11.5 Å². The minimum Gasteiger partial charge on any atom is -0.496 e. The molecule has 0 saturated heterocycles. The molecule has 0 aliphatic rings. The van der Waals surface area contributed by atoms with Gasteiger partial charge in [0, 0.05) is 18.9 Å². The van der Waals surface area contributed by atoms with Crippen molar-refractivity contribution in [2.75, 3.05) is 13.7 Å². The minimum atomic E-state index is 0.0711. The number of nitrogens with zero attached hydrogens (tertiary/aromatic N) is 2. The molecule has 0 unspecified atom stereocenters. The second-order valence-corrected chi connectivity index (χ2v) is 5.26. The van der Waals surface area contributed by atoms with E-state index in [0.717, 1.165) is 18.4 Å². The number of methoxy groups -OCH3 is 1. The molecule has 2 rings (SSSR count). The van der Waals surface area contributed by atoms with E-state index in [4.69, 9.17) is 9.15 Å². The van der Waals surface area contributed by atoms with Gasteiger partial charge in [0.05, 0.1) is 12.7 Å². The van der Waals surface area contributed by atoms with Crippen molar-refractivity contribution in [1.82, 2.24) is 15.5 Å². The molecule has 0 aliphatic heterocycles. The highest BCUT2D eigenvalue weighted by Crippen LogP contribution is 2.28. The summed E-state index contributed by atoms with van der Waals surface area (Å²) in [5.74, 6) is 1.76. The Morgan fingerprint density at radius 3 is 2.70 bits per heavy atom. The third-order valence-electron chi connectivity index (χ3n) is 3.80. The van der Waals surface area contributed by atoms with Gasteiger partial charge < -0.3 is 14.5 Å². The van der Waals surface area contributed by atoms with Crippen molar-refractivity contribution in [3.05, 3.63) is 30.2 Å². The molecule has 1 amide bonds. The lowest BCUT2D eigenvalue weighted by Crippen LogP contribution is -2.31. The summed E-state index contributed by atoms with van der Waals surface area (Å²) < 4.78 is 10.9. The van der Waals surface area contributed by atoms with Gasteiger partial charge in [0.1, 0.15) is 5.75 Å². The summed E-state index contributed by atoms with van der Waals surface area (Å²) in [7, 11) is 1.60. The molecule has 1 heterocycles. The van der Waals surface area contributed by atoms with Crippen LogP contribution in [-0.4, -0.2) is 29.8 Å². The standard InChI is InChI=1S/C17H23N3O3/c1-4-12(5-2)16(21)18-11-10-15-19-20-17(23-15)13-8-6-7-9-14(13)22-3/h6-9,12H,4-5,10-11H2,1-3H3,(H,18,21). The topological polar surface area (TPSA) is 77.2 Å². The number of carbonyl (C=O) groups is 1. The Hall–Kier alpha value is -2.37. The van der Waals surface area contributed by atoms with Crippen LogP contribution in [0.3, 0.4) is 0 Å². The van der Waals surface area contributed by atoms with Crippen molar-refractivity contribution in [2.45, 2.75) is 33.1 Å². The smallest absolute Gasteiger partial charge is 0.251 e. The van der Waals surface area contributed by atoms with Crippen LogP contribution in [-0.2, 0) is 11.2 Å². The Morgan fingerprint density at radius 2 is 2.00 bits per heavy atom. The van der Waals surface area contributed by atoms with E-state index in [1.807, 2.05) is 38.1 Å². The van der Waals surface area contributed by atoms with E-state index in [1.165, 1.54) is 0 Å². The van der Waals surface area contributed by atoms with Crippen LogP contribution in [0.2, 0.25) is 0 Å². The number of carbonyl (C=O) groups excluding carboxylic acids is 1. The average molecular weight is 317 g/mol. The van der Waals surface area contributed by atoms with Crippen molar-refractivity contribution in [1.29, 1.82) is 0 Å². The fourth-order valence-corrected chi connectivity index (χ4v) is 2.38. The number of rotatable bonds is 8. The minimum absolute atomic E-state index is 0.0711. The molecule has 6 heteroatoms. The highest BCUT2D eigenvalue weighted by atomic mass is 16.5. The number of hydrogen-bond donors (Lipinski definition) is 1.